The summed E-state index contributed by atoms with van der Waals surface area (Å²) in [6.45, 7) is 0. The van der Waals surface area contributed by atoms with Crippen LogP contribution in [-0.2, 0) is 0 Å². The molecule has 0 radical (unpaired) electrons. The second kappa shape index (κ2) is 6.19. The molecule has 1 fully saturated rings. The summed E-state index contributed by atoms with van der Waals surface area (Å²) in [4.78, 5) is 0. The van der Waals surface area contributed by atoms with Crippen molar-refractivity contribution in [3.63, 3.8) is 0 Å². The largest absolute Gasteiger partial charge is 0.494 e. The van der Waals surface area contributed by atoms with Crippen LogP contribution in [0, 0.1) is 11.7 Å². The van der Waals surface area contributed by atoms with Gasteiger partial charge in [0.05, 0.1) is 13.2 Å². The van der Waals surface area contributed by atoms with Crippen molar-refractivity contribution in [2.75, 3.05) is 7.11 Å². The standard InChI is InChI=1S/C15H21FO2/c1-18-14-9-8-12(10-13(14)16)15(17)11-6-4-2-3-5-7-11/h8-11,15,17H,2-7H2,1H3. The van der Waals surface area contributed by atoms with Crippen LogP contribution in [0.5, 0.6) is 5.75 Å². The third-order valence-electron chi connectivity index (χ3n) is 3.86. The number of ether oxygens (including phenoxy) is 1. The Morgan fingerprint density at radius 3 is 2.44 bits per heavy atom. The molecular formula is C15H21FO2. The van der Waals surface area contributed by atoms with Gasteiger partial charge in [-0.25, -0.2) is 4.39 Å². The van der Waals surface area contributed by atoms with Crippen molar-refractivity contribution < 1.29 is 14.2 Å². The highest BCUT2D eigenvalue weighted by molar-refractivity contribution is 5.30. The van der Waals surface area contributed by atoms with E-state index in [0.29, 0.717) is 5.56 Å². The van der Waals surface area contributed by atoms with Gasteiger partial charge in [-0.05, 0) is 36.5 Å². The van der Waals surface area contributed by atoms with E-state index in [9.17, 15) is 9.50 Å². The first-order valence-electron chi connectivity index (χ1n) is 6.74. The van der Waals surface area contributed by atoms with E-state index < -0.39 is 11.9 Å². The van der Waals surface area contributed by atoms with Crippen LogP contribution in [0.4, 0.5) is 4.39 Å². The Balaban J connectivity index is 2.11. The van der Waals surface area contributed by atoms with E-state index in [-0.39, 0.29) is 11.7 Å². The van der Waals surface area contributed by atoms with Crippen LogP contribution in [0.3, 0.4) is 0 Å². The van der Waals surface area contributed by atoms with E-state index in [0.717, 1.165) is 12.8 Å². The molecular weight excluding hydrogens is 231 g/mol. The quantitative estimate of drug-likeness (QED) is 0.828. The van der Waals surface area contributed by atoms with Gasteiger partial charge in [0.25, 0.3) is 0 Å². The third kappa shape index (κ3) is 3.02. The molecule has 18 heavy (non-hydrogen) atoms. The maximum Gasteiger partial charge on any atom is 0.165 e. The van der Waals surface area contributed by atoms with Crippen molar-refractivity contribution in [2.24, 2.45) is 5.92 Å². The zero-order valence-electron chi connectivity index (χ0n) is 10.9. The normalized spacial score (nSPS) is 19.3. The molecule has 0 amide bonds. The van der Waals surface area contributed by atoms with Crippen LogP contribution >= 0.6 is 0 Å². The van der Waals surface area contributed by atoms with Gasteiger partial charge < -0.3 is 9.84 Å². The minimum atomic E-state index is -0.552. The van der Waals surface area contributed by atoms with E-state index in [2.05, 4.69) is 0 Å². The number of hydrogen-bond acceptors (Lipinski definition) is 2. The molecule has 1 atom stereocenters. The van der Waals surface area contributed by atoms with E-state index in [1.54, 1.807) is 12.1 Å². The van der Waals surface area contributed by atoms with Crippen molar-refractivity contribution >= 4 is 0 Å². The number of aliphatic hydroxyl groups excluding tert-OH is 1. The fraction of sp³-hybridized carbons (Fsp3) is 0.600. The van der Waals surface area contributed by atoms with Gasteiger partial charge in [0.15, 0.2) is 11.6 Å². The van der Waals surface area contributed by atoms with Gasteiger partial charge in [-0.1, -0.05) is 31.7 Å². The molecule has 1 aliphatic carbocycles. The zero-order chi connectivity index (χ0) is 13.0. The number of methoxy groups -OCH3 is 1. The molecule has 0 spiro atoms. The summed E-state index contributed by atoms with van der Waals surface area (Å²) in [5, 5.41) is 10.4. The molecule has 3 heteroatoms. The molecule has 1 unspecified atom stereocenters. The average molecular weight is 252 g/mol. The van der Waals surface area contributed by atoms with Gasteiger partial charge in [0.2, 0.25) is 0 Å². The Morgan fingerprint density at radius 2 is 1.89 bits per heavy atom. The second-order valence-corrected chi connectivity index (χ2v) is 5.09. The predicted octanol–water partition coefficient (Wildman–Crippen LogP) is 3.84. The first kappa shape index (κ1) is 13.3. The topological polar surface area (TPSA) is 29.5 Å². The number of rotatable bonds is 3. The lowest BCUT2D eigenvalue weighted by Gasteiger charge is -2.21. The van der Waals surface area contributed by atoms with Crippen LogP contribution in [0.15, 0.2) is 18.2 Å². The molecule has 100 valence electrons. The first-order chi connectivity index (χ1) is 8.72. The molecule has 0 heterocycles. The fourth-order valence-corrected chi connectivity index (χ4v) is 2.77. The Hall–Kier alpha value is -1.09. The smallest absolute Gasteiger partial charge is 0.165 e. The van der Waals surface area contributed by atoms with Crippen LogP contribution < -0.4 is 4.74 Å². The van der Waals surface area contributed by atoms with Gasteiger partial charge in [-0.15, -0.1) is 0 Å². The number of aliphatic hydroxyl groups is 1. The van der Waals surface area contributed by atoms with Gasteiger partial charge in [0, 0.05) is 0 Å². The molecule has 0 aliphatic heterocycles. The minimum absolute atomic E-state index is 0.229. The van der Waals surface area contributed by atoms with Crippen LogP contribution in [0.1, 0.15) is 50.2 Å². The van der Waals surface area contributed by atoms with Crippen LogP contribution in [0.2, 0.25) is 0 Å². The Kier molecular flexibility index (Phi) is 4.59. The fourth-order valence-electron chi connectivity index (χ4n) is 2.77. The van der Waals surface area contributed by atoms with Gasteiger partial charge in [0.1, 0.15) is 0 Å². The highest BCUT2D eigenvalue weighted by Gasteiger charge is 2.22. The van der Waals surface area contributed by atoms with Crippen molar-refractivity contribution in [3.8, 4) is 5.75 Å². The lowest BCUT2D eigenvalue weighted by Crippen LogP contribution is -2.12. The number of hydrogen-bond donors (Lipinski definition) is 1. The summed E-state index contributed by atoms with van der Waals surface area (Å²) in [6, 6.07) is 4.75. The summed E-state index contributed by atoms with van der Waals surface area (Å²) in [5.41, 5.74) is 0.667. The van der Waals surface area contributed by atoms with Crippen molar-refractivity contribution in [1.82, 2.24) is 0 Å². The third-order valence-corrected chi connectivity index (χ3v) is 3.86. The summed E-state index contributed by atoms with van der Waals surface area (Å²) in [5.74, 6) is 0.0924. The zero-order valence-corrected chi connectivity index (χ0v) is 10.9. The van der Waals surface area contributed by atoms with Gasteiger partial charge in [-0.2, -0.15) is 0 Å². The van der Waals surface area contributed by atoms with Crippen molar-refractivity contribution in [3.05, 3.63) is 29.6 Å². The average Bonchev–Trinajstić information content (AvgIpc) is 2.66. The van der Waals surface area contributed by atoms with Gasteiger partial charge in [-0.3, -0.25) is 0 Å². The van der Waals surface area contributed by atoms with Crippen molar-refractivity contribution in [2.45, 2.75) is 44.6 Å². The molecule has 1 aromatic rings. The van der Waals surface area contributed by atoms with E-state index in [4.69, 9.17) is 4.74 Å². The maximum absolute atomic E-state index is 13.6. The van der Waals surface area contributed by atoms with E-state index >= 15 is 0 Å². The number of benzene rings is 1. The molecule has 0 aromatic heterocycles. The van der Waals surface area contributed by atoms with Crippen LogP contribution in [0.25, 0.3) is 0 Å². The predicted molar refractivity (Wildman–Crippen MR) is 69.1 cm³/mol. The molecule has 1 aromatic carbocycles. The lowest BCUT2D eigenvalue weighted by molar-refractivity contribution is 0.0984. The SMILES string of the molecule is COc1ccc(C(O)C2CCCCCC2)cc1F. The highest BCUT2D eigenvalue weighted by Crippen LogP contribution is 2.34. The van der Waals surface area contributed by atoms with Crippen LogP contribution in [-0.4, -0.2) is 12.2 Å². The second-order valence-electron chi connectivity index (χ2n) is 5.09. The maximum atomic E-state index is 13.6. The molecule has 2 nitrogen and oxygen atoms in total. The molecule has 1 saturated carbocycles. The van der Waals surface area contributed by atoms with Gasteiger partial charge >= 0.3 is 0 Å². The molecule has 1 aliphatic rings. The first-order valence-corrected chi connectivity index (χ1v) is 6.74. The summed E-state index contributed by atoms with van der Waals surface area (Å²) >= 11 is 0. The Bertz CT molecular complexity index is 384. The van der Waals surface area contributed by atoms with E-state index in [1.165, 1.54) is 38.9 Å². The lowest BCUT2D eigenvalue weighted by atomic mass is 9.89. The minimum Gasteiger partial charge on any atom is -0.494 e. The summed E-state index contributed by atoms with van der Waals surface area (Å²) in [6.07, 6.45) is 6.36. The monoisotopic (exact) mass is 252 g/mol. The molecule has 0 bridgehead atoms. The molecule has 2 rings (SSSR count). The molecule has 1 N–H and O–H groups in total. The summed E-state index contributed by atoms with van der Waals surface area (Å²) < 4.78 is 18.5. The Labute approximate surface area is 108 Å². The Morgan fingerprint density at radius 1 is 1.22 bits per heavy atom. The highest BCUT2D eigenvalue weighted by atomic mass is 19.1. The summed E-state index contributed by atoms with van der Waals surface area (Å²) in [7, 11) is 1.44. The van der Waals surface area contributed by atoms with Crippen molar-refractivity contribution in [1.29, 1.82) is 0 Å². The number of halogens is 1. The van der Waals surface area contributed by atoms with E-state index in [1.807, 2.05) is 0 Å². The molecule has 0 saturated heterocycles.